The predicted molar refractivity (Wildman–Crippen MR) is 85.2 cm³/mol. The fraction of sp³-hybridized carbons (Fsp3) is 0.625. The average Bonchev–Trinajstić information content (AvgIpc) is 2.85. The molecule has 1 amide bonds. The van der Waals surface area contributed by atoms with Gasteiger partial charge in [-0.2, -0.15) is 0 Å². The maximum absolute atomic E-state index is 12.4. The van der Waals surface area contributed by atoms with E-state index < -0.39 is 0 Å². The molecule has 0 aliphatic carbocycles. The van der Waals surface area contributed by atoms with Gasteiger partial charge >= 0.3 is 0 Å². The number of likely N-dealkylation sites (tertiary alicyclic amines) is 1. The fourth-order valence-electron chi connectivity index (χ4n) is 2.78. The molecule has 1 fully saturated rings. The third kappa shape index (κ3) is 3.56. The predicted octanol–water partition coefficient (Wildman–Crippen LogP) is 0.533. The maximum Gasteiger partial charge on any atom is 0.257 e. The number of nitrogens with one attached hydrogen (secondary N) is 1. The van der Waals surface area contributed by atoms with Crippen LogP contribution >= 0.6 is 0 Å². The first-order chi connectivity index (χ1) is 10.5. The van der Waals surface area contributed by atoms with Crippen molar-refractivity contribution in [2.24, 2.45) is 7.05 Å². The third-order valence-corrected chi connectivity index (χ3v) is 4.22. The van der Waals surface area contributed by atoms with Gasteiger partial charge in [-0.05, 0) is 20.4 Å². The first-order valence-electron chi connectivity index (χ1n) is 7.78. The van der Waals surface area contributed by atoms with Crippen LogP contribution in [0.25, 0.3) is 0 Å². The molecule has 6 heteroatoms. The van der Waals surface area contributed by atoms with Crippen LogP contribution in [-0.4, -0.2) is 53.8 Å². The van der Waals surface area contributed by atoms with Crippen LogP contribution < -0.4 is 10.7 Å². The molecule has 1 aliphatic heterocycles. The molecule has 0 aromatic carbocycles. The van der Waals surface area contributed by atoms with Crippen LogP contribution in [0.1, 0.15) is 29.9 Å². The normalized spacial score (nSPS) is 22.0. The highest BCUT2D eigenvalue weighted by Crippen LogP contribution is 2.14. The molecule has 0 unspecified atom stereocenters. The molecular formula is C16H25N3O3. The van der Waals surface area contributed by atoms with Crippen LogP contribution in [0.2, 0.25) is 0 Å². The van der Waals surface area contributed by atoms with Gasteiger partial charge in [-0.3, -0.25) is 14.5 Å². The summed E-state index contributed by atoms with van der Waals surface area (Å²) in [7, 11) is 1.82. The number of nitrogens with zero attached hydrogens (tertiary/aromatic N) is 2. The lowest BCUT2D eigenvalue weighted by atomic mass is 10.1. The molecule has 1 aromatic heterocycles. The minimum absolute atomic E-state index is 0.0248. The Kier molecular flexibility index (Phi) is 5.37. The number of pyridine rings is 1. The van der Waals surface area contributed by atoms with Crippen molar-refractivity contribution >= 4 is 5.91 Å². The van der Waals surface area contributed by atoms with Gasteiger partial charge < -0.3 is 14.6 Å². The SMILES string of the molecule is CCO[C@H]1CN(CC)C[C@@H]1NC(=O)c1cn(C)c(C)cc1=O. The molecule has 1 aromatic rings. The molecule has 0 spiro atoms. The molecule has 122 valence electrons. The summed E-state index contributed by atoms with van der Waals surface area (Å²) in [6.45, 7) is 8.96. The number of aryl methyl sites for hydroxylation is 2. The minimum Gasteiger partial charge on any atom is -0.375 e. The van der Waals surface area contributed by atoms with E-state index >= 15 is 0 Å². The monoisotopic (exact) mass is 307 g/mol. The van der Waals surface area contributed by atoms with E-state index in [4.69, 9.17) is 4.74 Å². The number of likely N-dealkylation sites (N-methyl/N-ethyl adjacent to an activating group) is 1. The van der Waals surface area contributed by atoms with Gasteiger partial charge in [0, 0.05) is 44.7 Å². The van der Waals surface area contributed by atoms with Crippen LogP contribution in [0.5, 0.6) is 0 Å². The molecule has 1 aliphatic rings. The van der Waals surface area contributed by atoms with Crippen molar-refractivity contribution in [1.29, 1.82) is 0 Å². The van der Waals surface area contributed by atoms with Crippen LogP contribution in [0, 0.1) is 6.92 Å². The minimum atomic E-state index is -0.326. The van der Waals surface area contributed by atoms with Crippen molar-refractivity contribution in [2.45, 2.75) is 32.9 Å². The van der Waals surface area contributed by atoms with Gasteiger partial charge in [0.15, 0.2) is 5.43 Å². The molecule has 2 rings (SSSR count). The number of ether oxygens (including phenoxy) is 1. The molecular weight excluding hydrogens is 282 g/mol. The van der Waals surface area contributed by atoms with Crippen molar-refractivity contribution in [2.75, 3.05) is 26.2 Å². The molecule has 0 bridgehead atoms. The molecule has 2 atom stereocenters. The number of rotatable bonds is 5. The molecule has 22 heavy (non-hydrogen) atoms. The van der Waals surface area contributed by atoms with E-state index in [2.05, 4.69) is 17.1 Å². The quantitative estimate of drug-likeness (QED) is 0.862. The summed E-state index contributed by atoms with van der Waals surface area (Å²) in [5.41, 5.74) is 0.761. The Morgan fingerprint density at radius 1 is 1.41 bits per heavy atom. The summed E-state index contributed by atoms with van der Waals surface area (Å²) < 4.78 is 7.50. The molecule has 2 heterocycles. The van der Waals surface area contributed by atoms with Gasteiger partial charge in [-0.1, -0.05) is 6.92 Å². The highest BCUT2D eigenvalue weighted by atomic mass is 16.5. The van der Waals surface area contributed by atoms with Crippen LogP contribution in [0.4, 0.5) is 0 Å². The summed E-state index contributed by atoms with van der Waals surface area (Å²) >= 11 is 0. The van der Waals surface area contributed by atoms with E-state index in [1.807, 2.05) is 20.9 Å². The average molecular weight is 307 g/mol. The maximum atomic E-state index is 12.4. The highest BCUT2D eigenvalue weighted by Gasteiger charge is 2.34. The Morgan fingerprint density at radius 3 is 2.77 bits per heavy atom. The van der Waals surface area contributed by atoms with Crippen LogP contribution in [0.3, 0.4) is 0 Å². The lowest BCUT2D eigenvalue weighted by molar-refractivity contribution is 0.0505. The van der Waals surface area contributed by atoms with E-state index in [9.17, 15) is 9.59 Å². The van der Waals surface area contributed by atoms with E-state index in [1.165, 1.54) is 6.07 Å². The van der Waals surface area contributed by atoms with Crippen LogP contribution in [0.15, 0.2) is 17.1 Å². The molecule has 6 nitrogen and oxygen atoms in total. The van der Waals surface area contributed by atoms with Crippen molar-refractivity contribution in [1.82, 2.24) is 14.8 Å². The zero-order valence-corrected chi connectivity index (χ0v) is 13.8. The number of hydrogen-bond acceptors (Lipinski definition) is 4. The van der Waals surface area contributed by atoms with Gasteiger partial charge in [0.25, 0.3) is 5.91 Å². The smallest absolute Gasteiger partial charge is 0.257 e. The summed E-state index contributed by atoms with van der Waals surface area (Å²) in [4.78, 5) is 26.7. The standard InChI is InChI=1S/C16H25N3O3/c1-5-19-9-13(15(10-19)22-6-2)17-16(21)12-8-18(4)11(3)7-14(12)20/h7-8,13,15H,5-6,9-10H2,1-4H3,(H,17,21)/t13-,15-/m0/s1. The van der Waals surface area contributed by atoms with Crippen molar-refractivity contribution in [3.05, 3.63) is 33.7 Å². The summed E-state index contributed by atoms with van der Waals surface area (Å²) in [6.07, 6.45) is 1.57. The van der Waals surface area contributed by atoms with Crippen molar-refractivity contribution < 1.29 is 9.53 Å². The second kappa shape index (κ2) is 7.07. The van der Waals surface area contributed by atoms with E-state index in [0.717, 1.165) is 25.3 Å². The third-order valence-electron chi connectivity index (χ3n) is 4.22. The van der Waals surface area contributed by atoms with E-state index in [-0.39, 0.29) is 29.0 Å². The molecule has 1 N–H and O–H groups in total. The Hall–Kier alpha value is -1.66. The summed E-state index contributed by atoms with van der Waals surface area (Å²) in [5.74, 6) is -0.326. The van der Waals surface area contributed by atoms with Gasteiger partial charge in [0.05, 0.1) is 12.1 Å². The second-order valence-corrected chi connectivity index (χ2v) is 5.73. The first kappa shape index (κ1) is 16.7. The topological polar surface area (TPSA) is 63.6 Å². The first-order valence-corrected chi connectivity index (χ1v) is 7.78. The largest absolute Gasteiger partial charge is 0.375 e. The van der Waals surface area contributed by atoms with Crippen LogP contribution in [-0.2, 0) is 11.8 Å². The second-order valence-electron chi connectivity index (χ2n) is 5.73. The molecule has 1 saturated heterocycles. The fourth-order valence-corrected chi connectivity index (χ4v) is 2.78. The Morgan fingerprint density at radius 2 is 2.14 bits per heavy atom. The van der Waals surface area contributed by atoms with E-state index in [0.29, 0.717) is 6.61 Å². The zero-order valence-electron chi connectivity index (χ0n) is 13.8. The summed E-state index contributed by atoms with van der Waals surface area (Å²) in [6, 6.07) is 1.40. The Balaban J connectivity index is 2.14. The lowest BCUT2D eigenvalue weighted by Crippen LogP contribution is -2.45. The van der Waals surface area contributed by atoms with Gasteiger partial charge in [-0.25, -0.2) is 0 Å². The Labute approximate surface area is 131 Å². The van der Waals surface area contributed by atoms with Gasteiger partial charge in [0.1, 0.15) is 5.56 Å². The molecule has 0 radical (unpaired) electrons. The number of carbonyl (C=O) groups is 1. The van der Waals surface area contributed by atoms with Crippen molar-refractivity contribution in [3.63, 3.8) is 0 Å². The Bertz CT molecular complexity index is 597. The number of amides is 1. The van der Waals surface area contributed by atoms with E-state index in [1.54, 1.807) is 10.8 Å². The van der Waals surface area contributed by atoms with Crippen molar-refractivity contribution in [3.8, 4) is 0 Å². The summed E-state index contributed by atoms with van der Waals surface area (Å²) in [5, 5.41) is 2.96. The molecule has 0 saturated carbocycles. The number of carbonyl (C=O) groups excluding carboxylic acids is 1. The van der Waals surface area contributed by atoms with Gasteiger partial charge in [0.2, 0.25) is 0 Å². The number of aromatic nitrogens is 1. The zero-order chi connectivity index (χ0) is 16.3. The van der Waals surface area contributed by atoms with Gasteiger partial charge in [-0.15, -0.1) is 0 Å². The number of hydrogen-bond donors (Lipinski definition) is 1. The highest BCUT2D eigenvalue weighted by molar-refractivity contribution is 5.94. The lowest BCUT2D eigenvalue weighted by Gasteiger charge is -2.19.